The van der Waals surface area contributed by atoms with Gasteiger partial charge in [-0.05, 0) is 45.0 Å². The number of ether oxygens (including phenoxy) is 1. The van der Waals surface area contributed by atoms with E-state index in [0.29, 0.717) is 22.8 Å². The van der Waals surface area contributed by atoms with Crippen LogP contribution in [0.25, 0.3) is 0 Å². The number of carbonyl (C=O) groups is 3. The van der Waals surface area contributed by atoms with Crippen LogP contribution >= 0.6 is 11.8 Å². The minimum Gasteiger partial charge on any atom is -0.452 e. The lowest BCUT2D eigenvalue weighted by molar-refractivity contribution is -0.150. The fraction of sp³-hybridized carbons (Fsp3) is 0.316. The van der Waals surface area contributed by atoms with Crippen LogP contribution in [0.5, 0.6) is 0 Å². The SMILES string of the molecule is Cc1cc(NC(=O)[C@@H](C)SCC(=O)O[C@H](C)C(=O)Nc2ccc(C#N)cc2)no1. The van der Waals surface area contributed by atoms with Gasteiger partial charge in [0.1, 0.15) is 5.76 Å². The Balaban J connectivity index is 1.74. The summed E-state index contributed by atoms with van der Waals surface area (Å²) in [6, 6.07) is 9.85. The molecule has 2 rings (SSSR count). The molecule has 0 bridgehead atoms. The molecule has 0 fully saturated rings. The molecule has 0 radical (unpaired) electrons. The first-order valence-corrected chi connectivity index (χ1v) is 9.69. The smallest absolute Gasteiger partial charge is 0.316 e. The van der Waals surface area contributed by atoms with E-state index in [2.05, 4.69) is 15.8 Å². The topological polar surface area (TPSA) is 134 Å². The van der Waals surface area contributed by atoms with E-state index in [1.807, 2.05) is 6.07 Å². The Morgan fingerprint density at radius 1 is 1.21 bits per heavy atom. The van der Waals surface area contributed by atoms with Crippen molar-refractivity contribution in [1.82, 2.24) is 5.16 Å². The highest BCUT2D eigenvalue weighted by Gasteiger charge is 2.21. The number of amides is 2. The number of rotatable bonds is 8. The molecule has 1 aromatic heterocycles. The lowest BCUT2D eigenvalue weighted by atomic mass is 10.2. The number of aryl methyl sites for hydroxylation is 1. The van der Waals surface area contributed by atoms with Gasteiger partial charge < -0.3 is 19.9 Å². The van der Waals surface area contributed by atoms with Crippen molar-refractivity contribution in [2.75, 3.05) is 16.4 Å². The molecule has 0 aliphatic heterocycles. The molecule has 0 saturated carbocycles. The third-order valence-electron chi connectivity index (χ3n) is 3.66. The van der Waals surface area contributed by atoms with Gasteiger partial charge in [-0.25, -0.2) is 0 Å². The molecule has 0 unspecified atom stereocenters. The van der Waals surface area contributed by atoms with Crippen LogP contribution in [-0.4, -0.2) is 40.0 Å². The lowest BCUT2D eigenvalue weighted by Gasteiger charge is -2.14. The Morgan fingerprint density at radius 3 is 2.48 bits per heavy atom. The molecule has 1 aromatic carbocycles. The predicted octanol–water partition coefficient (Wildman–Crippen LogP) is 2.49. The van der Waals surface area contributed by atoms with E-state index in [-0.39, 0.29) is 11.7 Å². The molecule has 2 N–H and O–H groups in total. The summed E-state index contributed by atoms with van der Waals surface area (Å²) in [5, 5.41) is 17.1. The molecule has 0 spiro atoms. The average Bonchev–Trinajstić information content (AvgIpc) is 3.11. The number of anilines is 2. The summed E-state index contributed by atoms with van der Waals surface area (Å²) < 4.78 is 9.96. The highest BCUT2D eigenvalue weighted by Crippen LogP contribution is 2.15. The summed E-state index contributed by atoms with van der Waals surface area (Å²) in [6.45, 7) is 4.79. The molecule has 2 amide bonds. The van der Waals surface area contributed by atoms with Crippen LogP contribution in [0.1, 0.15) is 25.2 Å². The highest BCUT2D eigenvalue weighted by atomic mass is 32.2. The zero-order valence-corrected chi connectivity index (χ0v) is 16.9. The Labute approximate surface area is 171 Å². The number of nitriles is 1. The maximum absolute atomic E-state index is 12.1. The summed E-state index contributed by atoms with van der Waals surface area (Å²) in [6.07, 6.45) is -1.01. The van der Waals surface area contributed by atoms with Crippen molar-refractivity contribution in [2.45, 2.75) is 32.1 Å². The maximum atomic E-state index is 12.1. The van der Waals surface area contributed by atoms with Crippen LogP contribution in [0.2, 0.25) is 0 Å². The number of benzene rings is 1. The van der Waals surface area contributed by atoms with Gasteiger partial charge in [0.15, 0.2) is 11.9 Å². The average molecular weight is 416 g/mol. The van der Waals surface area contributed by atoms with Gasteiger partial charge in [-0.3, -0.25) is 14.4 Å². The van der Waals surface area contributed by atoms with Crippen molar-refractivity contribution < 1.29 is 23.6 Å². The number of aromatic nitrogens is 1. The number of thioether (sulfide) groups is 1. The molecule has 152 valence electrons. The quantitative estimate of drug-likeness (QED) is 0.627. The molecule has 10 heteroatoms. The standard InChI is InChI=1S/C19H20N4O5S/c1-11-8-16(23-28-11)22-19(26)13(3)29-10-17(24)27-12(2)18(25)21-15-6-4-14(9-20)5-7-15/h4-8,12-13H,10H2,1-3H3,(H,21,25)(H,22,23,26)/t12-,13-/m1/s1. The first kappa shape index (κ1) is 22.0. The molecule has 0 aliphatic carbocycles. The lowest BCUT2D eigenvalue weighted by Crippen LogP contribution is -2.31. The minimum absolute atomic E-state index is 0.0963. The van der Waals surface area contributed by atoms with Crippen molar-refractivity contribution in [3.05, 3.63) is 41.7 Å². The molecule has 0 aliphatic rings. The predicted molar refractivity (Wildman–Crippen MR) is 107 cm³/mol. The van der Waals surface area contributed by atoms with Gasteiger partial charge in [0.25, 0.3) is 5.91 Å². The maximum Gasteiger partial charge on any atom is 0.316 e. The van der Waals surface area contributed by atoms with Crippen molar-refractivity contribution in [1.29, 1.82) is 5.26 Å². The number of carbonyl (C=O) groups excluding carboxylic acids is 3. The Kier molecular flexibility index (Phi) is 7.79. The normalized spacial score (nSPS) is 12.3. The number of nitrogens with zero attached hydrogens (tertiary/aromatic N) is 2. The molecular weight excluding hydrogens is 396 g/mol. The largest absolute Gasteiger partial charge is 0.452 e. The van der Waals surface area contributed by atoms with E-state index in [1.54, 1.807) is 44.2 Å². The van der Waals surface area contributed by atoms with Crippen molar-refractivity contribution >= 4 is 41.1 Å². The van der Waals surface area contributed by atoms with E-state index in [4.69, 9.17) is 14.5 Å². The van der Waals surface area contributed by atoms with Crippen LogP contribution in [0, 0.1) is 18.3 Å². The van der Waals surface area contributed by atoms with E-state index in [9.17, 15) is 14.4 Å². The summed E-state index contributed by atoms with van der Waals surface area (Å²) in [4.78, 5) is 36.1. The zero-order chi connectivity index (χ0) is 21.4. The highest BCUT2D eigenvalue weighted by molar-refractivity contribution is 8.01. The first-order chi connectivity index (χ1) is 13.8. The number of hydrogen-bond acceptors (Lipinski definition) is 8. The Hall–Kier alpha value is -3.32. The van der Waals surface area contributed by atoms with Crippen molar-refractivity contribution in [3.63, 3.8) is 0 Å². The van der Waals surface area contributed by atoms with Gasteiger partial charge in [0.2, 0.25) is 5.91 Å². The second-order valence-corrected chi connectivity index (χ2v) is 7.40. The van der Waals surface area contributed by atoms with Crippen LogP contribution in [-0.2, 0) is 19.1 Å². The summed E-state index contributed by atoms with van der Waals surface area (Å²) in [7, 11) is 0. The zero-order valence-electron chi connectivity index (χ0n) is 16.1. The number of esters is 1. The fourth-order valence-corrected chi connectivity index (χ4v) is 2.74. The van der Waals surface area contributed by atoms with Crippen LogP contribution in [0.4, 0.5) is 11.5 Å². The van der Waals surface area contributed by atoms with Gasteiger partial charge in [0.05, 0.1) is 22.6 Å². The van der Waals surface area contributed by atoms with Crippen LogP contribution < -0.4 is 10.6 Å². The summed E-state index contributed by atoms with van der Waals surface area (Å²) >= 11 is 1.07. The third-order valence-corrected chi connectivity index (χ3v) is 4.78. The second-order valence-electron chi connectivity index (χ2n) is 6.08. The Morgan fingerprint density at radius 2 is 1.90 bits per heavy atom. The number of hydrogen-bond donors (Lipinski definition) is 2. The van der Waals surface area contributed by atoms with Gasteiger partial charge in [-0.15, -0.1) is 11.8 Å². The van der Waals surface area contributed by atoms with E-state index in [0.717, 1.165) is 11.8 Å². The van der Waals surface area contributed by atoms with Gasteiger partial charge in [-0.1, -0.05) is 5.16 Å². The van der Waals surface area contributed by atoms with E-state index >= 15 is 0 Å². The first-order valence-electron chi connectivity index (χ1n) is 8.64. The summed E-state index contributed by atoms with van der Waals surface area (Å²) in [5.41, 5.74) is 0.955. The van der Waals surface area contributed by atoms with E-state index < -0.39 is 23.2 Å². The third kappa shape index (κ3) is 6.97. The minimum atomic E-state index is -1.01. The van der Waals surface area contributed by atoms with Crippen LogP contribution in [0.3, 0.4) is 0 Å². The molecule has 2 atom stereocenters. The van der Waals surface area contributed by atoms with Gasteiger partial charge >= 0.3 is 5.97 Å². The summed E-state index contributed by atoms with van der Waals surface area (Å²) in [5.74, 6) is -0.675. The number of nitrogens with one attached hydrogen (secondary N) is 2. The van der Waals surface area contributed by atoms with Gasteiger partial charge in [-0.2, -0.15) is 5.26 Å². The Bertz CT molecular complexity index is 919. The van der Waals surface area contributed by atoms with Crippen molar-refractivity contribution in [3.8, 4) is 6.07 Å². The van der Waals surface area contributed by atoms with Crippen molar-refractivity contribution in [2.24, 2.45) is 0 Å². The molecule has 29 heavy (non-hydrogen) atoms. The molecule has 9 nitrogen and oxygen atoms in total. The van der Waals surface area contributed by atoms with Gasteiger partial charge in [0, 0.05) is 11.8 Å². The molecular formula is C19H20N4O5S. The monoisotopic (exact) mass is 416 g/mol. The molecule has 2 aromatic rings. The second kappa shape index (κ2) is 10.3. The molecule has 1 heterocycles. The van der Waals surface area contributed by atoms with Crippen LogP contribution in [0.15, 0.2) is 34.9 Å². The molecule has 0 saturated heterocycles. The fourth-order valence-electron chi connectivity index (χ4n) is 2.08. The van der Waals surface area contributed by atoms with E-state index in [1.165, 1.54) is 6.92 Å².